The van der Waals surface area contributed by atoms with Crippen molar-refractivity contribution in [2.45, 2.75) is 6.42 Å². The molecule has 0 radical (unpaired) electrons. The van der Waals surface area contributed by atoms with Crippen LogP contribution in [0.5, 0.6) is 5.75 Å². The third-order valence-electron chi connectivity index (χ3n) is 3.90. The van der Waals surface area contributed by atoms with Gasteiger partial charge in [0.25, 0.3) is 0 Å². The zero-order valence-electron chi connectivity index (χ0n) is 15.2. The third kappa shape index (κ3) is 6.40. The smallest absolute Gasteiger partial charge is 0.239 e. The summed E-state index contributed by atoms with van der Waals surface area (Å²) in [4.78, 5) is 12.2. The SMILES string of the molecule is COc1ccc(CCN(CC(=O)Nc2ccc(C#N)cc2)S(C)(=O)=O)cc1. The van der Waals surface area contributed by atoms with Gasteiger partial charge in [-0.15, -0.1) is 0 Å². The summed E-state index contributed by atoms with van der Waals surface area (Å²) in [6, 6.07) is 15.7. The van der Waals surface area contributed by atoms with Crippen LogP contribution >= 0.6 is 0 Å². The first kappa shape index (κ1) is 20.4. The van der Waals surface area contributed by atoms with Crippen LogP contribution in [-0.4, -0.2) is 45.1 Å². The number of carbonyl (C=O) groups excluding carboxylic acids is 1. The Morgan fingerprint density at radius 3 is 2.30 bits per heavy atom. The molecule has 27 heavy (non-hydrogen) atoms. The average Bonchev–Trinajstić information content (AvgIpc) is 2.65. The fourth-order valence-electron chi connectivity index (χ4n) is 2.40. The van der Waals surface area contributed by atoms with Gasteiger partial charge in [-0.05, 0) is 48.4 Å². The highest BCUT2D eigenvalue weighted by Crippen LogP contribution is 2.13. The van der Waals surface area contributed by atoms with Gasteiger partial charge < -0.3 is 10.1 Å². The highest BCUT2D eigenvalue weighted by molar-refractivity contribution is 7.88. The van der Waals surface area contributed by atoms with Gasteiger partial charge in [0.15, 0.2) is 0 Å². The van der Waals surface area contributed by atoms with Crippen molar-refractivity contribution in [2.75, 3.05) is 31.8 Å². The number of nitrogens with zero attached hydrogens (tertiary/aromatic N) is 2. The van der Waals surface area contributed by atoms with Crippen molar-refractivity contribution in [3.05, 3.63) is 59.7 Å². The summed E-state index contributed by atoms with van der Waals surface area (Å²) in [5.74, 6) is 0.278. The van der Waals surface area contributed by atoms with E-state index >= 15 is 0 Å². The molecule has 0 saturated carbocycles. The van der Waals surface area contributed by atoms with Gasteiger partial charge in [0.2, 0.25) is 15.9 Å². The van der Waals surface area contributed by atoms with Crippen molar-refractivity contribution in [3.8, 4) is 11.8 Å². The van der Waals surface area contributed by atoms with E-state index in [0.29, 0.717) is 17.7 Å². The summed E-state index contributed by atoms with van der Waals surface area (Å²) in [6.45, 7) is -0.0963. The van der Waals surface area contributed by atoms with E-state index < -0.39 is 15.9 Å². The van der Waals surface area contributed by atoms with Crippen molar-refractivity contribution in [1.29, 1.82) is 5.26 Å². The first-order chi connectivity index (χ1) is 12.8. The number of hydrogen-bond donors (Lipinski definition) is 1. The molecule has 0 bridgehead atoms. The summed E-state index contributed by atoms with van der Waals surface area (Å²) in [5, 5.41) is 11.4. The molecule has 0 unspecified atom stereocenters. The van der Waals surface area contributed by atoms with Gasteiger partial charge in [-0.1, -0.05) is 12.1 Å². The molecule has 1 N–H and O–H groups in total. The van der Waals surface area contributed by atoms with Gasteiger partial charge in [-0.2, -0.15) is 9.57 Å². The quantitative estimate of drug-likeness (QED) is 0.747. The van der Waals surface area contributed by atoms with Crippen molar-refractivity contribution in [3.63, 3.8) is 0 Å². The second-order valence-corrected chi connectivity index (χ2v) is 7.91. The molecule has 0 aliphatic carbocycles. The topological polar surface area (TPSA) is 99.5 Å². The molecular formula is C19H21N3O4S. The van der Waals surface area contributed by atoms with Crippen LogP contribution in [0.15, 0.2) is 48.5 Å². The molecule has 0 fully saturated rings. The highest BCUT2D eigenvalue weighted by Gasteiger charge is 2.20. The number of hydrogen-bond acceptors (Lipinski definition) is 5. The molecule has 8 heteroatoms. The molecule has 0 aromatic heterocycles. The third-order valence-corrected chi connectivity index (χ3v) is 5.15. The van der Waals surface area contributed by atoms with Crippen LogP contribution in [0, 0.1) is 11.3 Å². The maximum absolute atomic E-state index is 12.2. The lowest BCUT2D eigenvalue weighted by Crippen LogP contribution is -2.38. The molecule has 2 aromatic carbocycles. The maximum Gasteiger partial charge on any atom is 0.239 e. The summed E-state index contributed by atoms with van der Waals surface area (Å²) >= 11 is 0. The Morgan fingerprint density at radius 2 is 1.78 bits per heavy atom. The Balaban J connectivity index is 1.98. The van der Waals surface area contributed by atoms with Crippen LogP contribution in [0.3, 0.4) is 0 Å². The van der Waals surface area contributed by atoms with Gasteiger partial charge >= 0.3 is 0 Å². The van der Waals surface area contributed by atoms with Gasteiger partial charge in [-0.25, -0.2) is 8.42 Å². The fourth-order valence-corrected chi connectivity index (χ4v) is 3.17. The molecule has 1 amide bonds. The van der Waals surface area contributed by atoms with E-state index in [1.165, 1.54) is 0 Å². The number of amides is 1. The van der Waals surface area contributed by atoms with Crippen LogP contribution in [0.25, 0.3) is 0 Å². The van der Waals surface area contributed by atoms with E-state index in [9.17, 15) is 13.2 Å². The van der Waals surface area contributed by atoms with E-state index in [4.69, 9.17) is 10.00 Å². The van der Waals surface area contributed by atoms with Crippen LogP contribution in [0.4, 0.5) is 5.69 Å². The number of sulfonamides is 1. The molecule has 0 saturated heterocycles. The number of rotatable bonds is 8. The number of ether oxygens (including phenoxy) is 1. The van der Waals surface area contributed by atoms with Crippen LogP contribution in [0.2, 0.25) is 0 Å². The first-order valence-electron chi connectivity index (χ1n) is 8.20. The standard InChI is InChI=1S/C19H21N3O4S/c1-26-18-9-5-15(6-10-18)11-12-22(27(2,24)25)14-19(23)21-17-7-3-16(13-20)4-8-17/h3-10H,11-12,14H2,1-2H3,(H,21,23). The second kappa shape index (κ2) is 9.16. The number of benzene rings is 2. The number of nitrogens with one attached hydrogen (secondary N) is 1. The monoisotopic (exact) mass is 387 g/mol. The van der Waals surface area contributed by atoms with Crippen molar-refractivity contribution >= 4 is 21.6 Å². The molecule has 2 rings (SSSR count). The lowest BCUT2D eigenvalue weighted by atomic mass is 10.1. The largest absolute Gasteiger partial charge is 0.497 e. The molecule has 2 aromatic rings. The molecule has 142 valence electrons. The predicted octanol–water partition coefficient (Wildman–Crippen LogP) is 2.01. The van der Waals surface area contributed by atoms with Gasteiger partial charge in [0.1, 0.15) is 5.75 Å². The Hall–Kier alpha value is -2.89. The van der Waals surface area contributed by atoms with E-state index in [-0.39, 0.29) is 13.1 Å². The Kier molecular flexibility index (Phi) is 6.93. The van der Waals surface area contributed by atoms with Crippen molar-refractivity contribution in [2.24, 2.45) is 0 Å². The Bertz CT molecular complexity index is 917. The van der Waals surface area contributed by atoms with Gasteiger partial charge in [0.05, 0.1) is 31.5 Å². The van der Waals surface area contributed by atoms with Crippen molar-refractivity contribution < 1.29 is 17.9 Å². The minimum Gasteiger partial charge on any atom is -0.497 e. The second-order valence-electron chi connectivity index (χ2n) is 5.93. The predicted molar refractivity (Wildman–Crippen MR) is 103 cm³/mol. The number of carbonyl (C=O) groups is 1. The molecule has 0 aliphatic heterocycles. The van der Waals surface area contributed by atoms with E-state index in [0.717, 1.165) is 21.9 Å². The minimum absolute atomic E-state index is 0.186. The Morgan fingerprint density at radius 1 is 1.15 bits per heavy atom. The van der Waals surface area contributed by atoms with E-state index in [2.05, 4.69) is 5.32 Å². The first-order valence-corrected chi connectivity index (χ1v) is 10.0. The molecule has 0 aliphatic rings. The summed E-state index contributed by atoms with van der Waals surface area (Å²) in [5.41, 5.74) is 1.92. The molecule has 7 nitrogen and oxygen atoms in total. The Labute approximate surface area is 159 Å². The fraction of sp³-hybridized carbons (Fsp3) is 0.263. The number of anilines is 1. The van der Waals surface area contributed by atoms with Crippen LogP contribution in [-0.2, 0) is 21.2 Å². The van der Waals surface area contributed by atoms with Crippen LogP contribution in [0.1, 0.15) is 11.1 Å². The van der Waals surface area contributed by atoms with E-state index in [1.807, 2.05) is 18.2 Å². The summed E-state index contributed by atoms with van der Waals surface area (Å²) in [7, 11) is -1.96. The molecule has 0 spiro atoms. The lowest BCUT2D eigenvalue weighted by Gasteiger charge is -2.19. The average molecular weight is 387 g/mol. The minimum atomic E-state index is -3.54. The normalized spacial score (nSPS) is 11.0. The number of methoxy groups -OCH3 is 1. The molecule has 0 heterocycles. The van der Waals surface area contributed by atoms with Gasteiger partial charge in [0, 0.05) is 12.2 Å². The number of nitriles is 1. The van der Waals surface area contributed by atoms with Gasteiger partial charge in [-0.3, -0.25) is 4.79 Å². The van der Waals surface area contributed by atoms with Crippen LogP contribution < -0.4 is 10.1 Å². The highest BCUT2D eigenvalue weighted by atomic mass is 32.2. The summed E-state index contributed by atoms with van der Waals surface area (Å²) in [6.07, 6.45) is 1.55. The molecular weight excluding hydrogens is 366 g/mol. The van der Waals surface area contributed by atoms with E-state index in [1.54, 1.807) is 43.5 Å². The zero-order valence-corrected chi connectivity index (χ0v) is 16.0. The summed E-state index contributed by atoms with van der Waals surface area (Å²) < 4.78 is 30.3. The lowest BCUT2D eigenvalue weighted by molar-refractivity contribution is -0.116. The maximum atomic E-state index is 12.2. The zero-order chi connectivity index (χ0) is 19.9. The molecule has 0 atom stereocenters. The van der Waals surface area contributed by atoms with Crippen molar-refractivity contribution in [1.82, 2.24) is 4.31 Å².